The molecule has 0 spiro atoms. The summed E-state index contributed by atoms with van der Waals surface area (Å²) in [5.41, 5.74) is 0. The van der Waals surface area contributed by atoms with E-state index >= 15 is 0 Å². The maximum absolute atomic E-state index is 6.01. The Morgan fingerprint density at radius 2 is 1.60 bits per heavy atom. The SMILES string of the molecule is CCCCCCCCCCCC(NC)c1ccc(Cl)s1. The summed E-state index contributed by atoms with van der Waals surface area (Å²) in [5, 5.41) is 3.41. The van der Waals surface area contributed by atoms with Gasteiger partial charge < -0.3 is 5.32 Å². The van der Waals surface area contributed by atoms with Crippen molar-refractivity contribution < 1.29 is 0 Å². The second kappa shape index (κ2) is 11.6. The number of halogens is 1. The molecule has 1 rings (SSSR count). The average molecular weight is 316 g/mol. The number of rotatable bonds is 12. The predicted molar refractivity (Wildman–Crippen MR) is 93.0 cm³/mol. The van der Waals surface area contributed by atoms with Gasteiger partial charge in [0.15, 0.2) is 0 Å². The second-order valence-electron chi connectivity index (χ2n) is 5.60. The van der Waals surface area contributed by atoms with Crippen molar-refractivity contribution in [2.45, 2.75) is 77.2 Å². The molecule has 1 atom stereocenters. The van der Waals surface area contributed by atoms with Gasteiger partial charge in [0.2, 0.25) is 0 Å². The highest BCUT2D eigenvalue weighted by molar-refractivity contribution is 7.16. The third-order valence-electron chi connectivity index (χ3n) is 3.88. The van der Waals surface area contributed by atoms with Crippen molar-refractivity contribution in [3.8, 4) is 0 Å². The molecule has 0 aliphatic carbocycles. The van der Waals surface area contributed by atoms with Gasteiger partial charge in [0.05, 0.1) is 4.34 Å². The van der Waals surface area contributed by atoms with Crippen molar-refractivity contribution in [1.82, 2.24) is 5.32 Å². The Kier molecular flexibility index (Phi) is 10.4. The van der Waals surface area contributed by atoms with E-state index in [1.165, 1.54) is 69.1 Å². The highest BCUT2D eigenvalue weighted by atomic mass is 35.5. The lowest BCUT2D eigenvalue weighted by Crippen LogP contribution is -2.14. The maximum atomic E-state index is 6.01. The number of thiophene rings is 1. The zero-order valence-electron chi connectivity index (χ0n) is 13.1. The number of nitrogens with one attached hydrogen (secondary N) is 1. The molecule has 0 amide bonds. The summed E-state index contributed by atoms with van der Waals surface area (Å²) in [5.74, 6) is 0. The molecule has 1 heterocycles. The normalized spacial score (nSPS) is 12.8. The van der Waals surface area contributed by atoms with Crippen molar-refractivity contribution in [3.05, 3.63) is 21.3 Å². The van der Waals surface area contributed by atoms with Gasteiger partial charge in [0, 0.05) is 10.9 Å². The van der Waals surface area contributed by atoms with Crippen molar-refractivity contribution in [3.63, 3.8) is 0 Å². The summed E-state index contributed by atoms with van der Waals surface area (Å²) in [7, 11) is 2.05. The minimum atomic E-state index is 0.483. The van der Waals surface area contributed by atoms with Crippen molar-refractivity contribution in [2.24, 2.45) is 0 Å². The van der Waals surface area contributed by atoms with Gasteiger partial charge in [0.25, 0.3) is 0 Å². The lowest BCUT2D eigenvalue weighted by atomic mass is 10.0. The fraction of sp³-hybridized carbons (Fsp3) is 0.765. The Labute approximate surface area is 134 Å². The molecule has 1 unspecified atom stereocenters. The Hall–Kier alpha value is -0.0500. The lowest BCUT2D eigenvalue weighted by molar-refractivity contribution is 0.498. The van der Waals surface area contributed by atoms with E-state index in [9.17, 15) is 0 Å². The molecule has 0 aromatic carbocycles. The van der Waals surface area contributed by atoms with Crippen LogP contribution in [0.3, 0.4) is 0 Å². The summed E-state index contributed by atoms with van der Waals surface area (Å²) >= 11 is 7.71. The minimum Gasteiger partial charge on any atom is -0.312 e. The van der Waals surface area contributed by atoms with Gasteiger partial charge in [0.1, 0.15) is 0 Å². The molecule has 3 heteroatoms. The molecule has 0 saturated carbocycles. The van der Waals surface area contributed by atoms with Gasteiger partial charge in [-0.25, -0.2) is 0 Å². The average Bonchev–Trinajstić information content (AvgIpc) is 2.87. The van der Waals surface area contributed by atoms with E-state index in [1.54, 1.807) is 11.3 Å². The van der Waals surface area contributed by atoms with E-state index in [0.29, 0.717) is 6.04 Å². The molecular weight excluding hydrogens is 286 g/mol. The monoisotopic (exact) mass is 315 g/mol. The van der Waals surface area contributed by atoms with E-state index in [2.05, 4.69) is 18.3 Å². The molecule has 1 aromatic heterocycles. The van der Waals surface area contributed by atoms with Crippen LogP contribution in [0, 0.1) is 0 Å². The van der Waals surface area contributed by atoms with Crippen LogP contribution in [0.4, 0.5) is 0 Å². The number of unbranched alkanes of at least 4 members (excludes halogenated alkanes) is 8. The topological polar surface area (TPSA) is 12.0 Å². The molecule has 0 aliphatic rings. The van der Waals surface area contributed by atoms with Gasteiger partial charge in [-0.2, -0.15) is 0 Å². The third kappa shape index (κ3) is 7.66. The molecule has 116 valence electrons. The number of hydrogen-bond acceptors (Lipinski definition) is 2. The maximum Gasteiger partial charge on any atom is 0.0931 e. The minimum absolute atomic E-state index is 0.483. The quantitative estimate of drug-likeness (QED) is 0.429. The molecule has 0 fully saturated rings. The van der Waals surface area contributed by atoms with E-state index in [0.717, 1.165) is 4.34 Å². The first-order valence-corrected chi connectivity index (χ1v) is 9.40. The van der Waals surface area contributed by atoms with Crippen molar-refractivity contribution in [2.75, 3.05) is 7.05 Å². The highest BCUT2D eigenvalue weighted by Crippen LogP contribution is 2.29. The van der Waals surface area contributed by atoms with Gasteiger partial charge in [-0.3, -0.25) is 0 Å². The summed E-state index contributed by atoms with van der Waals surface area (Å²) in [6.45, 7) is 2.28. The fourth-order valence-electron chi connectivity index (χ4n) is 2.60. The largest absolute Gasteiger partial charge is 0.312 e. The molecule has 0 bridgehead atoms. The van der Waals surface area contributed by atoms with E-state index in [-0.39, 0.29) is 0 Å². The van der Waals surface area contributed by atoms with Crippen LogP contribution in [-0.4, -0.2) is 7.05 Å². The number of hydrogen-bond donors (Lipinski definition) is 1. The van der Waals surface area contributed by atoms with Crippen LogP contribution >= 0.6 is 22.9 Å². The van der Waals surface area contributed by atoms with Crippen molar-refractivity contribution in [1.29, 1.82) is 0 Å². The molecule has 0 saturated heterocycles. The molecule has 1 N–H and O–H groups in total. The smallest absolute Gasteiger partial charge is 0.0931 e. The second-order valence-corrected chi connectivity index (χ2v) is 7.35. The lowest BCUT2D eigenvalue weighted by Gasteiger charge is -2.14. The van der Waals surface area contributed by atoms with Crippen LogP contribution in [-0.2, 0) is 0 Å². The van der Waals surface area contributed by atoms with Crippen LogP contribution in [0.25, 0.3) is 0 Å². The van der Waals surface area contributed by atoms with Crippen LogP contribution < -0.4 is 5.32 Å². The molecule has 1 nitrogen and oxygen atoms in total. The van der Waals surface area contributed by atoms with E-state index in [4.69, 9.17) is 11.6 Å². The van der Waals surface area contributed by atoms with Gasteiger partial charge in [-0.1, -0.05) is 76.3 Å². The van der Waals surface area contributed by atoms with Crippen LogP contribution in [0.15, 0.2) is 12.1 Å². The van der Waals surface area contributed by atoms with Crippen LogP contribution in [0.1, 0.15) is 82.1 Å². The Bertz CT molecular complexity index is 337. The van der Waals surface area contributed by atoms with Gasteiger partial charge in [-0.05, 0) is 25.6 Å². The molecule has 20 heavy (non-hydrogen) atoms. The van der Waals surface area contributed by atoms with E-state index in [1.807, 2.05) is 13.1 Å². The molecule has 1 aromatic rings. The Balaban J connectivity index is 2.02. The van der Waals surface area contributed by atoms with E-state index < -0.39 is 0 Å². The van der Waals surface area contributed by atoms with Gasteiger partial charge >= 0.3 is 0 Å². The predicted octanol–water partition coefficient (Wildman–Crippen LogP) is 6.58. The highest BCUT2D eigenvalue weighted by Gasteiger charge is 2.10. The first kappa shape index (κ1) is 18.0. The first-order valence-electron chi connectivity index (χ1n) is 8.20. The van der Waals surface area contributed by atoms with Crippen molar-refractivity contribution >= 4 is 22.9 Å². The molecule has 0 aliphatic heterocycles. The first-order chi connectivity index (χ1) is 9.77. The van der Waals surface area contributed by atoms with Crippen LogP contribution in [0.2, 0.25) is 4.34 Å². The zero-order valence-corrected chi connectivity index (χ0v) is 14.7. The van der Waals surface area contributed by atoms with Crippen LogP contribution in [0.5, 0.6) is 0 Å². The Morgan fingerprint density at radius 1 is 1.00 bits per heavy atom. The summed E-state index contributed by atoms with van der Waals surface area (Å²) < 4.78 is 0.896. The fourth-order valence-corrected chi connectivity index (χ4v) is 3.81. The molecular formula is C17H30ClNS. The summed E-state index contributed by atoms with van der Waals surface area (Å²) in [4.78, 5) is 1.37. The van der Waals surface area contributed by atoms with Gasteiger partial charge in [-0.15, -0.1) is 11.3 Å². The summed E-state index contributed by atoms with van der Waals surface area (Å²) in [6, 6.07) is 4.64. The Morgan fingerprint density at radius 3 is 2.10 bits per heavy atom. The standard InChI is InChI=1S/C17H30ClNS/c1-3-4-5-6-7-8-9-10-11-12-15(19-2)16-13-14-17(18)20-16/h13-15,19H,3-12H2,1-2H3. The molecule has 0 radical (unpaired) electrons. The summed E-state index contributed by atoms with van der Waals surface area (Å²) in [6.07, 6.45) is 13.8. The zero-order chi connectivity index (χ0) is 14.6. The third-order valence-corrected chi connectivity index (χ3v) is 5.23.